The summed E-state index contributed by atoms with van der Waals surface area (Å²) in [6.07, 6.45) is 3.49. The first-order valence-corrected chi connectivity index (χ1v) is 11.1. The predicted octanol–water partition coefficient (Wildman–Crippen LogP) is 1.70. The minimum absolute atomic E-state index is 0.0324. The molecule has 0 radical (unpaired) electrons. The first-order chi connectivity index (χ1) is 14.8. The van der Waals surface area contributed by atoms with Crippen molar-refractivity contribution in [3.63, 3.8) is 0 Å². The second-order valence-electron chi connectivity index (χ2n) is 7.19. The SMILES string of the molecule is Cc1ccc([N+](=O)[O-])cc1S(=O)(=O)N1CCN(c2ccc(-n3ccnc3C)nn2)CC1. The highest BCUT2D eigenvalue weighted by Crippen LogP contribution is 2.26. The third kappa shape index (κ3) is 3.99. The van der Waals surface area contributed by atoms with Gasteiger partial charge in [0.1, 0.15) is 5.82 Å². The Kier molecular flexibility index (Phi) is 5.41. The maximum absolute atomic E-state index is 13.1. The van der Waals surface area contributed by atoms with Gasteiger partial charge in [-0.1, -0.05) is 6.07 Å². The van der Waals surface area contributed by atoms with Crippen LogP contribution in [-0.2, 0) is 10.0 Å². The second-order valence-corrected chi connectivity index (χ2v) is 9.10. The van der Waals surface area contributed by atoms with Gasteiger partial charge in [0.2, 0.25) is 10.0 Å². The van der Waals surface area contributed by atoms with Crippen LogP contribution in [0.25, 0.3) is 5.82 Å². The number of piperazine rings is 1. The van der Waals surface area contributed by atoms with Gasteiger partial charge in [-0.05, 0) is 31.5 Å². The molecule has 1 aliphatic heterocycles. The van der Waals surface area contributed by atoms with Crippen LogP contribution in [0.2, 0.25) is 0 Å². The Labute approximate surface area is 179 Å². The predicted molar refractivity (Wildman–Crippen MR) is 113 cm³/mol. The van der Waals surface area contributed by atoms with Gasteiger partial charge in [-0.2, -0.15) is 4.31 Å². The fourth-order valence-corrected chi connectivity index (χ4v) is 5.18. The van der Waals surface area contributed by atoms with Crippen LogP contribution in [0.5, 0.6) is 0 Å². The van der Waals surface area contributed by atoms with E-state index in [0.29, 0.717) is 30.3 Å². The molecule has 0 saturated carbocycles. The van der Waals surface area contributed by atoms with E-state index in [9.17, 15) is 18.5 Å². The Morgan fingerprint density at radius 2 is 1.68 bits per heavy atom. The third-order valence-electron chi connectivity index (χ3n) is 5.27. The molecule has 3 aromatic rings. The van der Waals surface area contributed by atoms with Crippen LogP contribution >= 0.6 is 0 Å². The van der Waals surface area contributed by atoms with E-state index in [1.807, 2.05) is 28.5 Å². The number of nitro benzene ring substituents is 1. The Bertz CT molecular complexity index is 1220. The highest BCUT2D eigenvalue weighted by molar-refractivity contribution is 7.89. The van der Waals surface area contributed by atoms with Crippen molar-refractivity contribution in [2.75, 3.05) is 31.1 Å². The molecule has 31 heavy (non-hydrogen) atoms. The lowest BCUT2D eigenvalue weighted by molar-refractivity contribution is -0.385. The molecule has 3 heterocycles. The molecule has 1 aromatic carbocycles. The van der Waals surface area contributed by atoms with E-state index in [1.165, 1.54) is 16.4 Å². The average molecular weight is 443 g/mol. The minimum Gasteiger partial charge on any atom is -0.352 e. The molecule has 0 atom stereocenters. The largest absolute Gasteiger partial charge is 0.352 e. The Hall–Kier alpha value is -3.38. The summed E-state index contributed by atoms with van der Waals surface area (Å²) in [6, 6.07) is 7.57. The Balaban J connectivity index is 1.48. The van der Waals surface area contributed by atoms with Crippen molar-refractivity contribution >= 4 is 21.5 Å². The molecule has 11 nitrogen and oxygen atoms in total. The lowest BCUT2D eigenvalue weighted by atomic mass is 10.2. The number of non-ortho nitro benzene ring substituents is 1. The smallest absolute Gasteiger partial charge is 0.270 e. The second kappa shape index (κ2) is 8.04. The molecule has 0 N–H and O–H groups in total. The topological polar surface area (TPSA) is 127 Å². The first kappa shape index (κ1) is 20.9. The number of benzene rings is 1. The van der Waals surface area contributed by atoms with E-state index in [4.69, 9.17) is 0 Å². The highest BCUT2D eigenvalue weighted by Gasteiger charge is 2.31. The number of aromatic nitrogens is 4. The molecule has 0 bridgehead atoms. The van der Waals surface area contributed by atoms with Crippen LogP contribution in [0.3, 0.4) is 0 Å². The molecule has 0 amide bonds. The van der Waals surface area contributed by atoms with Crippen LogP contribution < -0.4 is 4.90 Å². The van der Waals surface area contributed by atoms with Gasteiger partial charge in [-0.25, -0.2) is 13.4 Å². The first-order valence-electron chi connectivity index (χ1n) is 9.61. The number of sulfonamides is 1. The number of aryl methyl sites for hydroxylation is 2. The van der Waals surface area contributed by atoms with E-state index in [0.717, 1.165) is 11.9 Å². The van der Waals surface area contributed by atoms with Gasteiger partial charge >= 0.3 is 0 Å². The minimum atomic E-state index is -3.84. The Morgan fingerprint density at radius 1 is 1.00 bits per heavy atom. The van der Waals surface area contributed by atoms with Crippen molar-refractivity contribution in [1.29, 1.82) is 0 Å². The van der Waals surface area contributed by atoms with Crippen LogP contribution in [-0.4, -0.2) is 63.6 Å². The molecule has 0 unspecified atom stereocenters. The van der Waals surface area contributed by atoms with E-state index < -0.39 is 14.9 Å². The van der Waals surface area contributed by atoms with Gasteiger partial charge in [-0.3, -0.25) is 14.7 Å². The molecule has 1 aliphatic rings. The molecular formula is C19H21N7O4S. The fraction of sp³-hybridized carbons (Fsp3) is 0.316. The fourth-order valence-electron chi connectivity index (χ4n) is 3.51. The van der Waals surface area contributed by atoms with Crippen LogP contribution in [0.1, 0.15) is 11.4 Å². The number of rotatable bonds is 5. The molecule has 4 rings (SSSR count). The molecule has 1 saturated heterocycles. The van der Waals surface area contributed by atoms with Crippen LogP contribution in [0.15, 0.2) is 47.6 Å². The van der Waals surface area contributed by atoms with Crippen molar-refractivity contribution in [3.05, 3.63) is 64.2 Å². The summed E-state index contributed by atoms with van der Waals surface area (Å²) in [7, 11) is -3.84. The lowest BCUT2D eigenvalue weighted by Crippen LogP contribution is -2.49. The summed E-state index contributed by atoms with van der Waals surface area (Å²) in [5.74, 6) is 2.11. The average Bonchev–Trinajstić information content (AvgIpc) is 3.20. The highest BCUT2D eigenvalue weighted by atomic mass is 32.2. The normalized spacial score (nSPS) is 15.2. The van der Waals surface area contributed by atoms with Crippen LogP contribution in [0.4, 0.5) is 11.5 Å². The number of nitrogens with zero attached hydrogens (tertiary/aromatic N) is 7. The quantitative estimate of drug-likeness (QED) is 0.431. The van der Waals surface area contributed by atoms with Crippen LogP contribution in [0, 0.1) is 24.0 Å². The number of hydrogen-bond donors (Lipinski definition) is 0. The summed E-state index contributed by atoms with van der Waals surface area (Å²) in [5, 5.41) is 19.6. The monoisotopic (exact) mass is 443 g/mol. The van der Waals surface area contributed by atoms with E-state index in [2.05, 4.69) is 15.2 Å². The lowest BCUT2D eigenvalue weighted by Gasteiger charge is -2.34. The number of imidazole rings is 1. The zero-order valence-electron chi connectivity index (χ0n) is 17.0. The van der Waals surface area contributed by atoms with Gasteiger partial charge in [0.05, 0.1) is 9.82 Å². The summed E-state index contributed by atoms with van der Waals surface area (Å²) >= 11 is 0. The molecule has 162 valence electrons. The Morgan fingerprint density at radius 3 is 2.26 bits per heavy atom. The number of anilines is 1. The maximum atomic E-state index is 13.1. The molecular weight excluding hydrogens is 422 g/mol. The molecule has 0 spiro atoms. The van der Waals surface area contributed by atoms with Crippen molar-refractivity contribution in [2.24, 2.45) is 0 Å². The molecule has 0 aliphatic carbocycles. The molecule has 2 aromatic heterocycles. The van der Waals surface area contributed by atoms with Crippen molar-refractivity contribution < 1.29 is 13.3 Å². The van der Waals surface area contributed by atoms with Crippen molar-refractivity contribution in [1.82, 2.24) is 24.1 Å². The summed E-state index contributed by atoms with van der Waals surface area (Å²) in [6.45, 7) is 4.87. The van der Waals surface area contributed by atoms with Crippen molar-refractivity contribution in [2.45, 2.75) is 18.7 Å². The van der Waals surface area contributed by atoms with E-state index in [1.54, 1.807) is 19.3 Å². The maximum Gasteiger partial charge on any atom is 0.270 e. The summed E-state index contributed by atoms with van der Waals surface area (Å²) in [4.78, 5) is 16.6. The summed E-state index contributed by atoms with van der Waals surface area (Å²) in [5.41, 5.74) is 0.232. The zero-order valence-corrected chi connectivity index (χ0v) is 17.9. The van der Waals surface area contributed by atoms with Gasteiger partial charge in [0, 0.05) is 50.7 Å². The zero-order chi connectivity index (χ0) is 22.2. The van der Waals surface area contributed by atoms with Gasteiger partial charge in [-0.15, -0.1) is 10.2 Å². The van der Waals surface area contributed by atoms with Gasteiger partial charge in [0.25, 0.3) is 5.69 Å². The third-order valence-corrected chi connectivity index (χ3v) is 7.31. The van der Waals surface area contributed by atoms with Crippen molar-refractivity contribution in [3.8, 4) is 5.82 Å². The van der Waals surface area contributed by atoms with E-state index in [-0.39, 0.29) is 23.7 Å². The van der Waals surface area contributed by atoms with E-state index >= 15 is 0 Å². The summed E-state index contributed by atoms with van der Waals surface area (Å²) < 4.78 is 29.3. The standard InChI is InChI=1S/C19H21N7O4S/c1-14-3-4-16(26(27)28)13-17(14)31(29,30)24-11-9-23(10-12-24)18-5-6-19(22-21-18)25-8-7-20-15(25)2/h3-8,13H,9-12H2,1-2H3. The molecule has 1 fully saturated rings. The number of nitro groups is 1. The van der Waals surface area contributed by atoms with Gasteiger partial charge < -0.3 is 4.90 Å². The number of hydrogen-bond acceptors (Lipinski definition) is 8. The van der Waals surface area contributed by atoms with Gasteiger partial charge in [0.15, 0.2) is 11.6 Å². The molecule has 12 heteroatoms.